The Morgan fingerprint density at radius 1 is 1.33 bits per heavy atom. The molecular weight excluding hydrogens is 298 g/mol. The summed E-state index contributed by atoms with van der Waals surface area (Å²) >= 11 is 3.40. The number of primary amides is 1. The number of fused-ring (bicyclic) bond motifs is 1. The van der Waals surface area contributed by atoms with Crippen LogP contribution in [0.5, 0.6) is 0 Å². The Hall–Kier alpha value is -2.08. The molecule has 0 aliphatic carbocycles. The van der Waals surface area contributed by atoms with Gasteiger partial charge in [-0.25, -0.2) is 0 Å². The third-order valence-corrected chi connectivity index (χ3v) is 3.07. The van der Waals surface area contributed by atoms with Gasteiger partial charge in [-0.2, -0.15) is 5.10 Å². The molecule has 0 atom stereocenters. The molecule has 0 radical (unpaired) electrons. The van der Waals surface area contributed by atoms with Crippen LogP contribution in [0, 0.1) is 0 Å². The van der Waals surface area contributed by atoms with Gasteiger partial charge in [0, 0.05) is 15.9 Å². The van der Waals surface area contributed by atoms with Gasteiger partial charge in [-0.1, -0.05) is 15.9 Å². The molecule has 0 spiro atoms. The molecule has 0 aliphatic heterocycles. The largest absolute Gasteiger partial charge is 0.454 e. The van der Waals surface area contributed by atoms with Crippen LogP contribution < -0.4 is 5.73 Å². The summed E-state index contributed by atoms with van der Waals surface area (Å²) in [6.45, 7) is 0. The van der Waals surface area contributed by atoms with Crippen LogP contribution in [0.4, 0.5) is 0 Å². The number of carbonyl (C=O) groups is 1. The number of halogens is 1. The van der Waals surface area contributed by atoms with E-state index in [2.05, 4.69) is 26.1 Å². The Morgan fingerprint density at radius 3 is 2.89 bits per heavy atom. The number of amides is 1. The van der Waals surface area contributed by atoms with E-state index in [0.717, 1.165) is 15.4 Å². The van der Waals surface area contributed by atoms with E-state index in [9.17, 15) is 4.79 Å². The fourth-order valence-corrected chi connectivity index (χ4v) is 2.10. The van der Waals surface area contributed by atoms with E-state index in [0.29, 0.717) is 11.5 Å². The van der Waals surface area contributed by atoms with E-state index in [-0.39, 0.29) is 5.69 Å². The fourth-order valence-electron chi connectivity index (χ4n) is 1.72. The molecule has 2 aromatic heterocycles. The summed E-state index contributed by atoms with van der Waals surface area (Å²) in [6.07, 6.45) is 0. The Kier molecular flexibility index (Phi) is 2.45. The number of H-pyrrole nitrogens is 1. The number of nitrogens with two attached hydrogens (primary N) is 1. The van der Waals surface area contributed by atoms with Gasteiger partial charge in [0.25, 0.3) is 5.91 Å². The first kappa shape index (κ1) is 11.0. The number of hydrogen-bond donors (Lipinski definition) is 2. The molecule has 5 nitrogen and oxygen atoms in total. The van der Waals surface area contributed by atoms with E-state index in [1.165, 1.54) is 0 Å². The molecule has 0 saturated carbocycles. The molecule has 6 heteroatoms. The number of benzene rings is 1. The number of carbonyl (C=O) groups excluding carboxylic acids is 1. The van der Waals surface area contributed by atoms with Crippen molar-refractivity contribution in [3.05, 3.63) is 40.5 Å². The lowest BCUT2D eigenvalue weighted by molar-refractivity contribution is 0.0995. The average Bonchev–Trinajstić information content (AvgIpc) is 2.93. The highest BCUT2D eigenvalue weighted by molar-refractivity contribution is 9.10. The van der Waals surface area contributed by atoms with Crippen LogP contribution in [-0.2, 0) is 0 Å². The van der Waals surface area contributed by atoms with Crippen LogP contribution in [0.25, 0.3) is 22.4 Å². The van der Waals surface area contributed by atoms with E-state index >= 15 is 0 Å². The number of nitrogens with zero attached hydrogens (tertiary/aromatic N) is 1. The molecule has 0 unspecified atom stereocenters. The average molecular weight is 306 g/mol. The fraction of sp³-hybridized carbons (Fsp3) is 0. The lowest BCUT2D eigenvalue weighted by Gasteiger charge is -1.88. The smallest absolute Gasteiger partial charge is 0.269 e. The normalized spacial score (nSPS) is 10.9. The number of hydrogen-bond acceptors (Lipinski definition) is 3. The molecule has 2 heterocycles. The lowest BCUT2D eigenvalue weighted by atomic mass is 10.2. The zero-order valence-electron chi connectivity index (χ0n) is 9.11. The van der Waals surface area contributed by atoms with E-state index in [1.54, 1.807) is 6.07 Å². The highest BCUT2D eigenvalue weighted by atomic mass is 79.9. The number of rotatable bonds is 2. The second-order valence-electron chi connectivity index (χ2n) is 3.82. The van der Waals surface area contributed by atoms with Gasteiger partial charge in [0.15, 0.2) is 5.76 Å². The van der Waals surface area contributed by atoms with Crippen molar-refractivity contribution in [3.63, 3.8) is 0 Å². The monoisotopic (exact) mass is 305 g/mol. The quantitative estimate of drug-likeness (QED) is 0.763. The minimum Gasteiger partial charge on any atom is -0.454 e. The number of aromatic amines is 1. The van der Waals surface area contributed by atoms with Crippen LogP contribution >= 0.6 is 15.9 Å². The van der Waals surface area contributed by atoms with Crippen LogP contribution in [0.15, 0.2) is 39.2 Å². The lowest BCUT2D eigenvalue weighted by Crippen LogP contribution is -2.10. The van der Waals surface area contributed by atoms with Crippen LogP contribution in [0.2, 0.25) is 0 Å². The predicted octanol–water partition coefficient (Wildman–Crippen LogP) is 2.68. The summed E-state index contributed by atoms with van der Waals surface area (Å²) in [7, 11) is 0. The SMILES string of the molecule is NC(=O)c1cc(-c2cc3cc(Br)ccc3o2)[nH]n1. The predicted molar refractivity (Wildman–Crippen MR) is 70.0 cm³/mol. The highest BCUT2D eigenvalue weighted by Crippen LogP contribution is 2.28. The summed E-state index contributed by atoms with van der Waals surface area (Å²) in [4.78, 5) is 11.0. The number of nitrogens with one attached hydrogen (secondary N) is 1. The zero-order valence-corrected chi connectivity index (χ0v) is 10.7. The minimum absolute atomic E-state index is 0.187. The molecule has 0 fully saturated rings. The van der Waals surface area contributed by atoms with Gasteiger partial charge in [-0.15, -0.1) is 0 Å². The summed E-state index contributed by atoms with van der Waals surface area (Å²) < 4.78 is 6.63. The Bertz CT molecular complexity index is 745. The summed E-state index contributed by atoms with van der Waals surface area (Å²) in [5, 5.41) is 7.50. The van der Waals surface area contributed by atoms with Crippen LogP contribution in [0.3, 0.4) is 0 Å². The maximum absolute atomic E-state index is 11.0. The second kappa shape index (κ2) is 3.99. The third-order valence-electron chi connectivity index (χ3n) is 2.57. The first-order chi connectivity index (χ1) is 8.63. The summed E-state index contributed by atoms with van der Waals surface area (Å²) in [5.74, 6) is 0.0412. The third kappa shape index (κ3) is 1.80. The molecule has 1 amide bonds. The van der Waals surface area contributed by atoms with E-state index in [1.807, 2.05) is 24.3 Å². The Morgan fingerprint density at radius 2 is 2.17 bits per heavy atom. The zero-order chi connectivity index (χ0) is 12.7. The van der Waals surface area contributed by atoms with Crippen molar-refractivity contribution in [1.82, 2.24) is 10.2 Å². The number of aromatic nitrogens is 2. The van der Waals surface area contributed by atoms with Crippen molar-refractivity contribution in [2.45, 2.75) is 0 Å². The van der Waals surface area contributed by atoms with Crippen molar-refractivity contribution >= 4 is 32.8 Å². The molecule has 1 aromatic carbocycles. The van der Waals surface area contributed by atoms with Crippen molar-refractivity contribution < 1.29 is 9.21 Å². The van der Waals surface area contributed by atoms with Crippen molar-refractivity contribution in [1.29, 1.82) is 0 Å². The maximum Gasteiger partial charge on any atom is 0.269 e. The van der Waals surface area contributed by atoms with Gasteiger partial charge in [-0.05, 0) is 24.3 Å². The molecule has 0 aliphatic rings. The van der Waals surface area contributed by atoms with Crippen molar-refractivity contribution in [3.8, 4) is 11.5 Å². The second-order valence-corrected chi connectivity index (χ2v) is 4.74. The van der Waals surface area contributed by atoms with E-state index in [4.69, 9.17) is 10.2 Å². The Balaban J connectivity index is 2.10. The molecule has 0 saturated heterocycles. The van der Waals surface area contributed by atoms with Gasteiger partial charge in [0.05, 0.1) is 0 Å². The van der Waals surface area contributed by atoms with Gasteiger partial charge in [0.2, 0.25) is 0 Å². The molecule has 3 rings (SSSR count). The van der Waals surface area contributed by atoms with Gasteiger partial charge in [-0.3, -0.25) is 9.89 Å². The Labute approximate surface area is 110 Å². The molecule has 3 N–H and O–H groups in total. The molecule has 90 valence electrons. The van der Waals surface area contributed by atoms with Crippen LogP contribution in [0.1, 0.15) is 10.5 Å². The first-order valence-corrected chi connectivity index (χ1v) is 5.97. The van der Waals surface area contributed by atoms with E-state index < -0.39 is 5.91 Å². The summed E-state index contributed by atoms with van der Waals surface area (Å²) in [5.41, 5.74) is 6.72. The van der Waals surface area contributed by atoms with Crippen LogP contribution in [-0.4, -0.2) is 16.1 Å². The highest BCUT2D eigenvalue weighted by Gasteiger charge is 2.11. The molecule has 18 heavy (non-hydrogen) atoms. The van der Waals surface area contributed by atoms with Crippen molar-refractivity contribution in [2.24, 2.45) is 5.73 Å². The standard InChI is InChI=1S/C12H8BrN3O2/c13-7-1-2-10-6(3-7)4-11(18-10)8-5-9(12(14)17)16-15-8/h1-5H,(H2,14,17)(H,15,16). The number of furan rings is 1. The van der Waals surface area contributed by atoms with Gasteiger partial charge < -0.3 is 10.2 Å². The van der Waals surface area contributed by atoms with Gasteiger partial charge in [0.1, 0.15) is 17.0 Å². The minimum atomic E-state index is -0.573. The summed E-state index contributed by atoms with van der Waals surface area (Å²) in [6, 6.07) is 9.16. The maximum atomic E-state index is 11.0. The molecular formula is C12H8BrN3O2. The first-order valence-electron chi connectivity index (χ1n) is 5.18. The molecule has 3 aromatic rings. The topological polar surface area (TPSA) is 84.9 Å². The van der Waals surface area contributed by atoms with Crippen molar-refractivity contribution in [2.75, 3.05) is 0 Å². The van der Waals surface area contributed by atoms with Gasteiger partial charge >= 0.3 is 0 Å². The molecule has 0 bridgehead atoms.